The summed E-state index contributed by atoms with van der Waals surface area (Å²) < 4.78 is 33.3. The molecule has 0 heterocycles. The maximum Gasteiger partial charge on any atom is 0.269 e. The summed E-state index contributed by atoms with van der Waals surface area (Å²) in [4.78, 5) is 37.9. The Bertz CT molecular complexity index is 1380. The number of anilines is 1. The Labute approximate surface area is 220 Å². The second-order valence-corrected chi connectivity index (χ2v) is 10.1. The van der Waals surface area contributed by atoms with E-state index < -0.39 is 39.3 Å². The Kier molecular flexibility index (Phi) is 9.02. The normalized spacial score (nSPS) is 11.8. The number of carbonyl (C=O) groups excluding carboxylic acids is 2. The Hall–Kier alpha value is -4.45. The van der Waals surface area contributed by atoms with Gasteiger partial charge in [-0.25, -0.2) is 8.42 Å². The van der Waals surface area contributed by atoms with Crippen molar-refractivity contribution in [2.75, 3.05) is 25.0 Å². The predicted octanol–water partition coefficient (Wildman–Crippen LogP) is 2.96. The third kappa shape index (κ3) is 6.45. The van der Waals surface area contributed by atoms with Gasteiger partial charge >= 0.3 is 0 Å². The van der Waals surface area contributed by atoms with Gasteiger partial charge in [0.2, 0.25) is 11.8 Å². The minimum atomic E-state index is -4.25. The molecule has 2 amide bonds. The van der Waals surface area contributed by atoms with Crippen molar-refractivity contribution in [3.05, 3.63) is 94.5 Å². The van der Waals surface area contributed by atoms with E-state index in [1.54, 1.807) is 49.4 Å². The molecule has 1 N–H and O–H groups in total. The van der Waals surface area contributed by atoms with Gasteiger partial charge in [-0.15, -0.1) is 0 Å². The molecule has 12 heteroatoms. The number of sulfonamides is 1. The van der Waals surface area contributed by atoms with E-state index in [1.807, 2.05) is 0 Å². The summed E-state index contributed by atoms with van der Waals surface area (Å²) in [7, 11) is -1.28. The third-order valence-corrected chi connectivity index (χ3v) is 7.67. The number of rotatable bonds is 11. The van der Waals surface area contributed by atoms with Crippen molar-refractivity contribution < 1.29 is 27.7 Å². The first-order valence-electron chi connectivity index (χ1n) is 11.5. The van der Waals surface area contributed by atoms with Gasteiger partial charge in [-0.1, -0.05) is 30.3 Å². The van der Waals surface area contributed by atoms with Crippen LogP contribution in [0.25, 0.3) is 0 Å². The van der Waals surface area contributed by atoms with Gasteiger partial charge < -0.3 is 15.0 Å². The molecule has 11 nitrogen and oxygen atoms in total. The lowest BCUT2D eigenvalue weighted by Crippen LogP contribution is -2.50. The number of amides is 2. The van der Waals surface area contributed by atoms with Crippen LogP contribution in [0, 0.1) is 10.1 Å². The topological polar surface area (TPSA) is 139 Å². The van der Waals surface area contributed by atoms with E-state index in [-0.39, 0.29) is 22.8 Å². The average Bonchev–Trinajstić information content (AvgIpc) is 2.94. The fraction of sp³-hybridized carbons (Fsp3) is 0.231. The second-order valence-electron chi connectivity index (χ2n) is 8.26. The Morgan fingerprint density at radius 1 is 1.00 bits per heavy atom. The van der Waals surface area contributed by atoms with E-state index in [2.05, 4.69) is 5.32 Å². The lowest BCUT2D eigenvalue weighted by Gasteiger charge is -2.31. The highest BCUT2D eigenvalue weighted by atomic mass is 32.2. The summed E-state index contributed by atoms with van der Waals surface area (Å²) in [5, 5.41) is 13.6. The molecule has 3 aromatic rings. The third-order valence-electron chi connectivity index (χ3n) is 5.88. The molecule has 0 unspecified atom stereocenters. The maximum absolute atomic E-state index is 13.7. The molecule has 3 rings (SSSR count). The molecule has 3 aromatic carbocycles. The van der Waals surface area contributed by atoms with Crippen molar-refractivity contribution in [1.29, 1.82) is 0 Å². The van der Waals surface area contributed by atoms with Crippen LogP contribution < -0.4 is 14.4 Å². The number of nitrogens with zero attached hydrogens (tertiary/aromatic N) is 3. The van der Waals surface area contributed by atoms with E-state index in [1.165, 1.54) is 43.3 Å². The zero-order chi connectivity index (χ0) is 27.9. The van der Waals surface area contributed by atoms with Crippen LogP contribution in [0.4, 0.5) is 11.4 Å². The number of hydrogen-bond donors (Lipinski definition) is 1. The van der Waals surface area contributed by atoms with Crippen LogP contribution in [0.2, 0.25) is 0 Å². The molecule has 0 saturated carbocycles. The number of methoxy groups -OCH3 is 1. The highest BCUT2D eigenvalue weighted by molar-refractivity contribution is 7.92. The molecule has 38 heavy (non-hydrogen) atoms. The number of benzene rings is 3. The molecule has 0 radical (unpaired) electrons. The van der Waals surface area contributed by atoms with Crippen molar-refractivity contribution in [2.45, 2.75) is 24.4 Å². The lowest BCUT2D eigenvalue weighted by atomic mass is 10.1. The fourth-order valence-corrected chi connectivity index (χ4v) is 5.14. The molecule has 0 aliphatic rings. The summed E-state index contributed by atoms with van der Waals surface area (Å²) in [6, 6.07) is 18.4. The molecule has 200 valence electrons. The zero-order valence-corrected chi connectivity index (χ0v) is 21.9. The zero-order valence-electron chi connectivity index (χ0n) is 21.1. The number of hydrogen-bond acceptors (Lipinski definition) is 7. The lowest BCUT2D eigenvalue weighted by molar-refractivity contribution is -0.384. The van der Waals surface area contributed by atoms with Crippen LogP contribution in [-0.2, 0) is 26.2 Å². The van der Waals surface area contributed by atoms with E-state index in [9.17, 15) is 28.1 Å². The summed E-state index contributed by atoms with van der Waals surface area (Å²) in [6.07, 6.45) is 0. The monoisotopic (exact) mass is 540 g/mol. The summed E-state index contributed by atoms with van der Waals surface area (Å²) in [5.41, 5.74) is 0.527. The van der Waals surface area contributed by atoms with Crippen molar-refractivity contribution >= 4 is 33.2 Å². The van der Waals surface area contributed by atoms with Gasteiger partial charge in [-0.2, -0.15) is 0 Å². The van der Waals surface area contributed by atoms with Crippen molar-refractivity contribution in [3.8, 4) is 5.75 Å². The minimum Gasteiger partial charge on any atom is -0.497 e. The smallest absolute Gasteiger partial charge is 0.269 e. The number of non-ortho nitro benzene ring substituents is 1. The molecule has 0 aliphatic carbocycles. The van der Waals surface area contributed by atoms with E-state index in [0.29, 0.717) is 11.3 Å². The Balaban J connectivity index is 2.02. The molecule has 0 aromatic heterocycles. The first kappa shape index (κ1) is 28.1. The van der Waals surface area contributed by atoms with Crippen LogP contribution >= 0.6 is 0 Å². The number of nitro benzene ring substituents is 1. The molecular weight excluding hydrogens is 512 g/mol. The van der Waals surface area contributed by atoms with Gasteiger partial charge in [-0.3, -0.25) is 24.0 Å². The van der Waals surface area contributed by atoms with Crippen LogP contribution in [0.5, 0.6) is 5.75 Å². The standard InChI is InChI=1S/C26H28N4O7S/c1-19(26(32)27-2)28(17-20-9-15-23(37-3)16-10-20)25(31)18-29(21-11-13-22(14-12-21)30(33)34)38(35,36)24-7-5-4-6-8-24/h4-16,19H,17-18H2,1-3H3,(H,27,32)/t19-/m0/s1. The molecule has 0 saturated heterocycles. The highest BCUT2D eigenvalue weighted by Crippen LogP contribution is 2.26. The molecule has 0 aliphatic heterocycles. The van der Waals surface area contributed by atoms with Gasteiger partial charge in [0.15, 0.2) is 0 Å². The Morgan fingerprint density at radius 2 is 1.61 bits per heavy atom. The van der Waals surface area contributed by atoms with E-state index in [4.69, 9.17) is 4.74 Å². The SMILES string of the molecule is CNC(=O)[C@H](C)N(Cc1ccc(OC)cc1)C(=O)CN(c1ccc([N+](=O)[O-])cc1)S(=O)(=O)c1ccccc1. The van der Waals surface area contributed by atoms with Gasteiger partial charge in [0, 0.05) is 25.7 Å². The number of nitro groups is 1. The maximum atomic E-state index is 13.7. The summed E-state index contributed by atoms with van der Waals surface area (Å²) >= 11 is 0. The molecule has 0 fully saturated rings. The first-order chi connectivity index (χ1) is 18.1. The number of ether oxygens (including phenoxy) is 1. The van der Waals surface area contributed by atoms with Crippen LogP contribution in [0.3, 0.4) is 0 Å². The van der Waals surface area contributed by atoms with Crippen LogP contribution in [-0.4, -0.2) is 56.8 Å². The molecule has 1 atom stereocenters. The number of nitrogens with one attached hydrogen (secondary N) is 1. The van der Waals surface area contributed by atoms with Crippen LogP contribution in [0.15, 0.2) is 83.8 Å². The second kappa shape index (κ2) is 12.2. The van der Waals surface area contributed by atoms with Gasteiger partial charge in [0.1, 0.15) is 18.3 Å². The Morgan fingerprint density at radius 3 is 2.13 bits per heavy atom. The molecular formula is C26H28N4O7S. The number of carbonyl (C=O) groups is 2. The minimum absolute atomic E-state index is 0.0247. The predicted molar refractivity (Wildman–Crippen MR) is 141 cm³/mol. The summed E-state index contributed by atoms with van der Waals surface area (Å²) in [5.74, 6) is -0.460. The highest BCUT2D eigenvalue weighted by Gasteiger charge is 2.32. The quantitative estimate of drug-likeness (QED) is 0.291. The first-order valence-corrected chi connectivity index (χ1v) is 13.0. The van der Waals surface area contributed by atoms with Crippen LogP contribution in [0.1, 0.15) is 12.5 Å². The van der Waals surface area contributed by atoms with E-state index in [0.717, 1.165) is 16.4 Å². The summed E-state index contributed by atoms with van der Waals surface area (Å²) in [6.45, 7) is 0.922. The van der Waals surface area contributed by atoms with Crippen molar-refractivity contribution in [2.24, 2.45) is 0 Å². The van der Waals surface area contributed by atoms with Gasteiger partial charge in [0.25, 0.3) is 15.7 Å². The van der Waals surface area contributed by atoms with Gasteiger partial charge in [0.05, 0.1) is 22.6 Å². The van der Waals surface area contributed by atoms with E-state index >= 15 is 0 Å². The van der Waals surface area contributed by atoms with Gasteiger partial charge in [-0.05, 0) is 48.9 Å². The van der Waals surface area contributed by atoms with Crippen molar-refractivity contribution in [1.82, 2.24) is 10.2 Å². The molecule has 0 spiro atoms. The number of likely N-dealkylation sites (N-methyl/N-ethyl adjacent to an activating group) is 1. The fourth-order valence-electron chi connectivity index (χ4n) is 3.71. The van der Waals surface area contributed by atoms with Crippen molar-refractivity contribution in [3.63, 3.8) is 0 Å². The average molecular weight is 541 g/mol. The largest absolute Gasteiger partial charge is 0.497 e. The molecule has 0 bridgehead atoms.